The normalized spacial score (nSPS) is 12.5. The summed E-state index contributed by atoms with van der Waals surface area (Å²) in [5.74, 6) is -1.39. The molecule has 0 saturated carbocycles. The largest absolute Gasteiger partial charge is 0.486 e. The van der Waals surface area contributed by atoms with E-state index in [2.05, 4.69) is 13.8 Å². The molecule has 0 fully saturated rings. The molecule has 2 nitrogen and oxygen atoms in total. The van der Waals surface area contributed by atoms with Crippen molar-refractivity contribution in [3.05, 3.63) is 65.2 Å². The number of para-hydroxylation sites is 1. The molecule has 0 heterocycles. The molecule has 2 rings (SSSR count). The van der Waals surface area contributed by atoms with Crippen LogP contribution < -0.4 is 10.5 Å². The average molecular weight is 291 g/mol. The van der Waals surface area contributed by atoms with Crippen LogP contribution in [0.3, 0.4) is 0 Å². The van der Waals surface area contributed by atoms with Crippen LogP contribution in [0.4, 0.5) is 8.78 Å². The van der Waals surface area contributed by atoms with Gasteiger partial charge < -0.3 is 10.5 Å². The molecule has 1 atom stereocenters. The van der Waals surface area contributed by atoms with E-state index < -0.39 is 17.7 Å². The van der Waals surface area contributed by atoms with Gasteiger partial charge >= 0.3 is 0 Å². The number of ether oxygens (including phenoxy) is 1. The van der Waals surface area contributed by atoms with Crippen molar-refractivity contribution in [2.24, 2.45) is 5.73 Å². The Morgan fingerprint density at radius 1 is 0.952 bits per heavy atom. The molecule has 4 heteroatoms. The van der Waals surface area contributed by atoms with E-state index in [1.54, 1.807) is 0 Å². The van der Waals surface area contributed by atoms with Gasteiger partial charge in [0.05, 0.1) is 6.04 Å². The van der Waals surface area contributed by atoms with Crippen LogP contribution in [0.5, 0.6) is 5.75 Å². The molecule has 0 aromatic heterocycles. The van der Waals surface area contributed by atoms with Crippen LogP contribution in [0.1, 0.15) is 36.9 Å². The number of halogens is 2. The summed E-state index contributed by atoms with van der Waals surface area (Å²) in [5.41, 5.74) is 8.09. The fraction of sp³-hybridized carbons (Fsp3) is 0.294. The Kier molecular flexibility index (Phi) is 4.91. The molecule has 0 bridgehead atoms. The second-order valence-electron chi connectivity index (χ2n) is 5.29. The molecular weight excluding hydrogens is 272 g/mol. The van der Waals surface area contributed by atoms with E-state index in [1.807, 2.05) is 24.3 Å². The Hall–Kier alpha value is -1.94. The van der Waals surface area contributed by atoms with Crippen LogP contribution in [0, 0.1) is 11.6 Å². The summed E-state index contributed by atoms with van der Waals surface area (Å²) < 4.78 is 32.1. The molecule has 0 aliphatic heterocycles. The molecule has 2 aromatic carbocycles. The van der Waals surface area contributed by atoms with Crippen LogP contribution in [0.15, 0.2) is 42.5 Å². The van der Waals surface area contributed by atoms with Crippen LogP contribution in [0.25, 0.3) is 0 Å². The standard InChI is InChI=1S/C17H19F2NO/c1-11(2)12-6-8-13(9-7-12)16(20)10-21-17-14(18)4-3-5-15(17)19/h3-9,11,16H,10,20H2,1-2H3. The molecule has 0 radical (unpaired) electrons. The SMILES string of the molecule is CC(C)c1ccc(C(N)COc2c(F)cccc2F)cc1. The van der Waals surface area contributed by atoms with Crippen molar-refractivity contribution in [3.8, 4) is 5.75 Å². The van der Waals surface area contributed by atoms with E-state index in [0.29, 0.717) is 5.92 Å². The van der Waals surface area contributed by atoms with Gasteiger partial charge in [0, 0.05) is 0 Å². The summed E-state index contributed by atoms with van der Waals surface area (Å²) in [6.45, 7) is 4.23. The van der Waals surface area contributed by atoms with Crippen LogP contribution in [-0.2, 0) is 0 Å². The summed E-state index contributed by atoms with van der Waals surface area (Å²) in [4.78, 5) is 0. The molecule has 1 unspecified atom stereocenters. The fourth-order valence-electron chi connectivity index (χ4n) is 2.02. The molecule has 0 aliphatic rings. The number of hydrogen-bond donors (Lipinski definition) is 1. The Bertz CT molecular complexity index is 576. The number of benzene rings is 2. The summed E-state index contributed by atoms with van der Waals surface area (Å²) >= 11 is 0. The molecule has 2 aromatic rings. The maximum absolute atomic E-state index is 13.4. The van der Waals surface area contributed by atoms with Gasteiger partial charge in [-0.25, -0.2) is 8.78 Å². The predicted octanol–water partition coefficient (Wildman–Crippen LogP) is 4.17. The monoisotopic (exact) mass is 291 g/mol. The van der Waals surface area contributed by atoms with Crippen LogP contribution in [0.2, 0.25) is 0 Å². The third kappa shape index (κ3) is 3.79. The zero-order chi connectivity index (χ0) is 15.4. The quantitative estimate of drug-likeness (QED) is 0.897. The van der Waals surface area contributed by atoms with Gasteiger partial charge in [0.1, 0.15) is 6.61 Å². The first-order chi connectivity index (χ1) is 9.99. The second-order valence-corrected chi connectivity index (χ2v) is 5.29. The van der Waals surface area contributed by atoms with Crippen molar-refractivity contribution in [2.75, 3.05) is 6.61 Å². The van der Waals surface area contributed by atoms with Crippen molar-refractivity contribution in [2.45, 2.75) is 25.8 Å². The molecule has 21 heavy (non-hydrogen) atoms. The molecule has 0 amide bonds. The van der Waals surface area contributed by atoms with E-state index in [9.17, 15) is 8.78 Å². The minimum atomic E-state index is -0.725. The van der Waals surface area contributed by atoms with Gasteiger partial charge in [-0.3, -0.25) is 0 Å². The first-order valence-electron chi connectivity index (χ1n) is 6.91. The van der Waals surface area contributed by atoms with Crippen LogP contribution in [-0.4, -0.2) is 6.61 Å². The van der Waals surface area contributed by atoms with Crippen molar-refractivity contribution >= 4 is 0 Å². The molecule has 0 aliphatic carbocycles. The molecular formula is C17H19F2NO. The Balaban J connectivity index is 2.03. The van der Waals surface area contributed by atoms with Gasteiger partial charge in [-0.2, -0.15) is 0 Å². The Morgan fingerprint density at radius 3 is 2.00 bits per heavy atom. The third-order valence-corrected chi connectivity index (χ3v) is 3.36. The molecule has 2 N–H and O–H groups in total. The molecule has 0 spiro atoms. The number of rotatable bonds is 5. The minimum absolute atomic E-state index is 0.0128. The van der Waals surface area contributed by atoms with Crippen molar-refractivity contribution in [3.63, 3.8) is 0 Å². The van der Waals surface area contributed by atoms with E-state index >= 15 is 0 Å². The first kappa shape index (κ1) is 15.4. The van der Waals surface area contributed by atoms with Gasteiger partial charge in [-0.05, 0) is 29.2 Å². The molecule has 0 saturated heterocycles. The van der Waals surface area contributed by atoms with Gasteiger partial charge in [0.15, 0.2) is 17.4 Å². The predicted molar refractivity (Wildman–Crippen MR) is 79.3 cm³/mol. The summed E-state index contributed by atoms with van der Waals surface area (Å²) in [5, 5.41) is 0. The highest BCUT2D eigenvalue weighted by Crippen LogP contribution is 2.23. The lowest BCUT2D eigenvalue weighted by Crippen LogP contribution is -2.19. The van der Waals surface area contributed by atoms with E-state index in [4.69, 9.17) is 10.5 Å². The highest BCUT2D eigenvalue weighted by molar-refractivity contribution is 5.28. The maximum atomic E-state index is 13.4. The highest BCUT2D eigenvalue weighted by Gasteiger charge is 2.13. The number of hydrogen-bond acceptors (Lipinski definition) is 2. The smallest absolute Gasteiger partial charge is 0.190 e. The average Bonchev–Trinajstić information content (AvgIpc) is 2.46. The summed E-state index contributed by atoms with van der Waals surface area (Å²) in [6.07, 6.45) is 0. The van der Waals surface area contributed by atoms with Crippen LogP contribution >= 0.6 is 0 Å². The Labute approximate surface area is 123 Å². The zero-order valence-electron chi connectivity index (χ0n) is 12.1. The summed E-state index contributed by atoms with van der Waals surface area (Å²) in [7, 11) is 0. The third-order valence-electron chi connectivity index (χ3n) is 3.36. The Morgan fingerprint density at radius 2 is 1.48 bits per heavy atom. The summed E-state index contributed by atoms with van der Waals surface area (Å²) in [6, 6.07) is 11.0. The van der Waals surface area contributed by atoms with Gasteiger partial charge in [-0.15, -0.1) is 0 Å². The zero-order valence-corrected chi connectivity index (χ0v) is 12.1. The van der Waals surface area contributed by atoms with Crippen molar-refractivity contribution in [1.29, 1.82) is 0 Å². The van der Waals surface area contributed by atoms with Gasteiger partial charge in [0.2, 0.25) is 0 Å². The minimum Gasteiger partial charge on any atom is -0.486 e. The van der Waals surface area contributed by atoms with Crippen molar-refractivity contribution in [1.82, 2.24) is 0 Å². The van der Waals surface area contributed by atoms with E-state index in [1.165, 1.54) is 11.6 Å². The van der Waals surface area contributed by atoms with E-state index in [0.717, 1.165) is 17.7 Å². The van der Waals surface area contributed by atoms with Gasteiger partial charge in [0.25, 0.3) is 0 Å². The molecule has 112 valence electrons. The van der Waals surface area contributed by atoms with Gasteiger partial charge in [-0.1, -0.05) is 44.2 Å². The lowest BCUT2D eigenvalue weighted by Gasteiger charge is -2.15. The highest BCUT2D eigenvalue weighted by atomic mass is 19.1. The number of nitrogens with two attached hydrogens (primary N) is 1. The fourth-order valence-corrected chi connectivity index (χ4v) is 2.02. The second kappa shape index (κ2) is 6.68. The first-order valence-corrected chi connectivity index (χ1v) is 6.91. The lowest BCUT2D eigenvalue weighted by atomic mass is 9.99. The lowest BCUT2D eigenvalue weighted by molar-refractivity contribution is 0.263. The maximum Gasteiger partial charge on any atom is 0.190 e. The van der Waals surface area contributed by atoms with Crippen molar-refractivity contribution < 1.29 is 13.5 Å². The topological polar surface area (TPSA) is 35.2 Å². The van der Waals surface area contributed by atoms with E-state index in [-0.39, 0.29) is 12.4 Å².